The first-order valence-electron chi connectivity index (χ1n) is 7.83. The number of aliphatic carboxylic acids is 2. The Hall–Kier alpha value is -2.79. The van der Waals surface area contributed by atoms with Crippen LogP contribution in [0.4, 0.5) is 0 Å². The summed E-state index contributed by atoms with van der Waals surface area (Å²) in [7, 11) is 0. The van der Waals surface area contributed by atoms with E-state index < -0.39 is 48.3 Å². The summed E-state index contributed by atoms with van der Waals surface area (Å²) in [5.41, 5.74) is 5.99. The molecule has 0 fully saturated rings. The molecule has 0 aromatic heterocycles. The summed E-state index contributed by atoms with van der Waals surface area (Å²) in [6, 6.07) is 1.97. The number of hydrogen-bond donors (Lipinski definition) is 7. The molecule has 1 aromatic rings. The summed E-state index contributed by atoms with van der Waals surface area (Å²) in [5.74, 6) is -4.36. The number of carbonyl (C=O) groups is 4. The number of carboxylic acids is 2. The maximum atomic E-state index is 12.3. The molecule has 2 amide bonds. The number of aromatic hydroxyl groups is 1. The highest BCUT2D eigenvalue weighted by Gasteiger charge is 2.28. The van der Waals surface area contributed by atoms with E-state index in [0.29, 0.717) is 5.56 Å². The van der Waals surface area contributed by atoms with Crippen LogP contribution in [0.2, 0.25) is 0 Å². The number of nitrogens with two attached hydrogens (primary N) is 1. The fraction of sp³-hybridized carbons (Fsp3) is 0.375. The molecule has 0 aliphatic rings. The number of amides is 2. The number of rotatable bonds is 10. The molecular weight excluding hydrogens is 378 g/mol. The Morgan fingerprint density at radius 2 is 1.56 bits per heavy atom. The third-order valence-corrected chi connectivity index (χ3v) is 3.90. The quantitative estimate of drug-likeness (QED) is 0.238. The van der Waals surface area contributed by atoms with Gasteiger partial charge in [-0.2, -0.15) is 12.6 Å². The van der Waals surface area contributed by atoms with Crippen molar-refractivity contribution in [3.8, 4) is 5.75 Å². The van der Waals surface area contributed by atoms with E-state index in [1.165, 1.54) is 24.3 Å². The molecule has 11 heteroatoms. The Morgan fingerprint density at radius 1 is 1.00 bits per heavy atom. The first-order chi connectivity index (χ1) is 12.6. The topological polar surface area (TPSA) is 179 Å². The number of hydrogen-bond acceptors (Lipinski definition) is 7. The molecule has 0 aliphatic heterocycles. The maximum Gasteiger partial charge on any atom is 0.326 e. The molecule has 1 aromatic carbocycles. The predicted molar refractivity (Wildman–Crippen MR) is 97.4 cm³/mol. The van der Waals surface area contributed by atoms with Crippen molar-refractivity contribution in [1.29, 1.82) is 0 Å². The lowest BCUT2D eigenvalue weighted by molar-refractivity contribution is -0.142. The van der Waals surface area contributed by atoms with Gasteiger partial charge in [-0.25, -0.2) is 4.79 Å². The van der Waals surface area contributed by atoms with E-state index in [9.17, 15) is 29.4 Å². The number of benzene rings is 1. The Labute approximate surface area is 160 Å². The SMILES string of the molecule is NC(CC(=O)O)C(=O)NC(CS)C(=O)NC(Cc1ccc(O)cc1)C(=O)O. The van der Waals surface area contributed by atoms with Crippen LogP contribution < -0.4 is 16.4 Å². The second-order valence-electron chi connectivity index (χ2n) is 5.72. The highest BCUT2D eigenvalue weighted by Crippen LogP contribution is 2.11. The number of nitrogens with one attached hydrogen (secondary N) is 2. The molecule has 27 heavy (non-hydrogen) atoms. The van der Waals surface area contributed by atoms with Gasteiger partial charge in [0.25, 0.3) is 0 Å². The summed E-state index contributed by atoms with van der Waals surface area (Å²) in [6.07, 6.45) is -0.668. The molecule has 3 atom stereocenters. The summed E-state index contributed by atoms with van der Waals surface area (Å²) >= 11 is 3.94. The van der Waals surface area contributed by atoms with Gasteiger partial charge in [-0.15, -0.1) is 0 Å². The highest BCUT2D eigenvalue weighted by molar-refractivity contribution is 7.80. The van der Waals surface area contributed by atoms with Crippen LogP contribution in [0.25, 0.3) is 0 Å². The van der Waals surface area contributed by atoms with Crippen molar-refractivity contribution in [2.75, 3.05) is 5.75 Å². The molecule has 1 rings (SSSR count). The van der Waals surface area contributed by atoms with E-state index in [0.717, 1.165) is 0 Å². The van der Waals surface area contributed by atoms with Gasteiger partial charge in [0.2, 0.25) is 11.8 Å². The Kier molecular flexibility index (Phi) is 8.56. The second kappa shape index (κ2) is 10.4. The predicted octanol–water partition coefficient (Wildman–Crippen LogP) is -1.28. The lowest BCUT2D eigenvalue weighted by Crippen LogP contribution is -2.55. The Bertz CT molecular complexity index is 696. The van der Waals surface area contributed by atoms with Crippen LogP contribution in [0, 0.1) is 0 Å². The first kappa shape index (κ1) is 22.3. The van der Waals surface area contributed by atoms with Crippen molar-refractivity contribution in [2.45, 2.75) is 31.0 Å². The molecule has 10 nitrogen and oxygen atoms in total. The lowest BCUT2D eigenvalue weighted by atomic mass is 10.1. The normalized spacial score (nSPS) is 13.9. The third-order valence-electron chi connectivity index (χ3n) is 3.54. The van der Waals surface area contributed by atoms with E-state index in [2.05, 4.69) is 23.3 Å². The average molecular weight is 399 g/mol. The Morgan fingerprint density at radius 3 is 2.04 bits per heavy atom. The van der Waals surface area contributed by atoms with Crippen LogP contribution in [-0.4, -0.2) is 63.0 Å². The van der Waals surface area contributed by atoms with Gasteiger partial charge in [0.15, 0.2) is 0 Å². The number of carboxylic acid groups (broad SMARTS) is 2. The Balaban J connectivity index is 2.74. The van der Waals surface area contributed by atoms with Gasteiger partial charge in [-0.05, 0) is 17.7 Å². The van der Waals surface area contributed by atoms with E-state index in [1.807, 2.05) is 0 Å². The largest absolute Gasteiger partial charge is 0.508 e. The zero-order valence-corrected chi connectivity index (χ0v) is 15.1. The monoisotopic (exact) mass is 399 g/mol. The zero-order valence-electron chi connectivity index (χ0n) is 14.2. The van der Waals surface area contributed by atoms with E-state index in [4.69, 9.17) is 10.8 Å². The van der Waals surface area contributed by atoms with Crippen LogP contribution in [0.5, 0.6) is 5.75 Å². The smallest absolute Gasteiger partial charge is 0.326 e. The van der Waals surface area contributed by atoms with Crippen molar-refractivity contribution in [3.05, 3.63) is 29.8 Å². The molecule has 0 saturated carbocycles. The molecule has 0 radical (unpaired) electrons. The van der Waals surface area contributed by atoms with Gasteiger partial charge < -0.3 is 31.7 Å². The van der Waals surface area contributed by atoms with Crippen molar-refractivity contribution < 1.29 is 34.5 Å². The van der Waals surface area contributed by atoms with Crippen molar-refractivity contribution in [2.24, 2.45) is 5.73 Å². The molecule has 0 saturated heterocycles. The van der Waals surface area contributed by atoms with Crippen LogP contribution >= 0.6 is 12.6 Å². The average Bonchev–Trinajstić information content (AvgIpc) is 2.59. The lowest BCUT2D eigenvalue weighted by Gasteiger charge is -2.21. The van der Waals surface area contributed by atoms with Gasteiger partial charge in [0, 0.05) is 12.2 Å². The maximum absolute atomic E-state index is 12.3. The van der Waals surface area contributed by atoms with Crippen LogP contribution in [0.15, 0.2) is 24.3 Å². The highest BCUT2D eigenvalue weighted by atomic mass is 32.1. The number of carbonyl (C=O) groups excluding carboxylic acids is 2. The summed E-state index contributed by atoms with van der Waals surface area (Å²) < 4.78 is 0. The molecule has 0 bridgehead atoms. The minimum Gasteiger partial charge on any atom is -0.508 e. The summed E-state index contributed by atoms with van der Waals surface area (Å²) in [5, 5.41) is 31.7. The van der Waals surface area contributed by atoms with Crippen molar-refractivity contribution in [3.63, 3.8) is 0 Å². The van der Waals surface area contributed by atoms with E-state index >= 15 is 0 Å². The van der Waals surface area contributed by atoms with Gasteiger partial charge in [-0.3, -0.25) is 14.4 Å². The van der Waals surface area contributed by atoms with E-state index in [1.54, 1.807) is 0 Å². The number of phenolic OH excluding ortho intramolecular Hbond substituents is 1. The van der Waals surface area contributed by atoms with Gasteiger partial charge >= 0.3 is 11.9 Å². The third kappa shape index (κ3) is 7.54. The van der Waals surface area contributed by atoms with Gasteiger partial charge in [0.05, 0.1) is 12.5 Å². The number of phenols is 1. The van der Waals surface area contributed by atoms with Crippen LogP contribution in [0.1, 0.15) is 12.0 Å². The van der Waals surface area contributed by atoms with Crippen LogP contribution in [-0.2, 0) is 25.6 Å². The van der Waals surface area contributed by atoms with Crippen molar-refractivity contribution in [1.82, 2.24) is 10.6 Å². The second-order valence-corrected chi connectivity index (χ2v) is 6.08. The standard InChI is InChI=1S/C16H21N3O7S/c17-10(6-13(21)22)14(23)19-12(7-27)15(24)18-11(16(25)26)5-8-1-3-9(20)4-2-8/h1-4,10-12,20,27H,5-7,17H2,(H,18,24)(H,19,23)(H,21,22)(H,25,26). The fourth-order valence-electron chi connectivity index (χ4n) is 2.09. The van der Waals surface area contributed by atoms with Gasteiger partial charge in [-0.1, -0.05) is 12.1 Å². The molecule has 3 unspecified atom stereocenters. The summed E-state index contributed by atoms with van der Waals surface area (Å²) in [6.45, 7) is 0. The molecule has 148 valence electrons. The zero-order chi connectivity index (χ0) is 20.6. The minimum atomic E-state index is -1.36. The minimum absolute atomic E-state index is 0.0187. The van der Waals surface area contributed by atoms with E-state index in [-0.39, 0.29) is 17.9 Å². The summed E-state index contributed by atoms with van der Waals surface area (Å²) in [4.78, 5) is 46.1. The van der Waals surface area contributed by atoms with Crippen molar-refractivity contribution >= 4 is 36.4 Å². The van der Waals surface area contributed by atoms with Crippen LogP contribution in [0.3, 0.4) is 0 Å². The van der Waals surface area contributed by atoms with Gasteiger partial charge in [0.1, 0.15) is 17.8 Å². The molecular formula is C16H21N3O7S. The fourth-order valence-corrected chi connectivity index (χ4v) is 2.35. The first-order valence-corrected chi connectivity index (χ1v) is 8.47. The molecule has 0 spiro atoms. The molecule has 0 heterocycles. The molecule has 0 aliphatic carbocycles. The number of thiol groups is 1. The molecule has 7 N–H and O–H groups in total.